The summed E-state index contributed by atoms with van der Waals surface area (Å²) in [5.41, 5.74) is 0.701. The van der Waals surface area contributed by atoms with E-state index >= 15 is 0 Å². The first-order valence-corrected chi connectivity index (χ1v) is 6.94. The molecular weight excluding hydrogens is 241 g/mol. The molecule has 1 heterocycles. The maximum Gasteiger partial charge on any atom is 0.200 e. The fourth-order valence-electron chi connectivity index (χ4n) is 1.81. The van der Waals surface area contributed by atoms with Crippen LogP contribution >= 0.6 is 0 Å². The Balaban J connectivity index is 2.45. The first-order valence-electron chi connectivity index (χ1n) is 5.40. The molecule has 0 fully saturated rings. The van der Waals surface area contributed by atoms with Crippen molar-refractivity contribution in [3.8, 4) is 0 Å². The molecule has 0 aliphatic carbocycles. The molecule has 0 atom stereocenters. The lowest BCUT2D eigenvalue weighted by Crippen LogP contribution is -2.24. The Bertz CT molecular complexity index is 576. The molecule has 1 aromatic rings. The van der Waals surface area contributed by atoms with Crippen LogP contribution in [0.1, 0.15) is 19.4 Å². The molecule has 0 saturated heterocycles. The van der Waals surface area contributed by atoms with Crippen LogP contribution in [0.3, 0.4) is 0 Å². The SMILES string of the molecule is CC(C)NCC1=CS(=O)(=O)c2cccc(F)c21. The highest BCUT2D eigenvalue weighted by molar-refractivity contribution is 7.95. The molecule has 0 amide bonds. The number of nitrogens with one attached hydrogen (secondary N) is 1. The predicted octanol–water partition coefficient (Wildman–Crippen LogP) is 1.95. The molecule has 0 aromatic heterocycles. The summed E-state index contributed by atoms with van der Waals surface area (Å²) in [5, 5.41) is 4.24. The van der Waals surface area contributed by atoms with Gasteiger partial charge in [-0.2, -0.15) is 0 Å². The molecule has 1 aliphatic heterocycles. The van der Waals surface area contributed by atoms with Gasteiger partial charge in [0.15, 0.2) is 0 Å². The molecular formula is C12H14FNO2S. The number of sulfone groups is 1. The summed E-state index contributed by atoms with van der Waals surface area (Å²) in [6, 6.07) is 4.35. The highest BCUT2D eigenvalue weighted by Gasteiger charge is 2.29. The summed E-state index contributed by atoms with van der Waals surface area (Å²) in [6.45, 7) is 4.25. The van der Waals surface area contributed by atoms with Gasteiger partial charge in [-0.25, -0.2) is 12.8 Å². The molecule has 0 bridgehead atoms. The summed E-state index contributed by atoms with van der Waals surface area (Å²) >= 11 is 0. The Morgan fingerprint density at radius 3 is 2.71 bits per heavy atom. The third-order valence-electron chi connectivity index (χ3n) is 2.60. The maximum atomic E-state index is 13.7. The van der Waals surface area contributed by atoms with Crippen LogP contribution in [-0.4, -0.2) is 21.0 Å². The lowest BCUT2D eigenvalue weighted by Gasteiger charge is -2.09. The zero-order chi connectivity index (χ0) is 12.6. The average Bonchev–Trinajstić information content (AvgIpc) is 2.49. The van der Waals surface area contributed by atoms with Crippen molar-refractivity contribution in [3.63, 3.8) is 0 Å². The highest BCUT2D eigenvalue weighted by atomic mass is 32.2. The predicted molar refractivity (Wildman–Crippen MR) is 64.7 cm³/mol. The van der Waals surface area contributed by atoms with E-state index in [1.807, 2.05) is 13.8 Å². The molecule has 0 unspecified atom stereocenters. The minimum atomic E-state index is -3.47. The van der Waals surface area contributed by atoms with Gasteiger partial charge in [-0.15, -0.1) is 0 Å². The number of rotatable bonds is 3. The van der Waals surface area contributed by atoms with Crippen LogP contribution < -0.4 is 5.32 Å². The zero-order valence-corrected chi connectivity index (χ0v) is 10.5. The maximum absolute atomic E-state index is 13.7. The molecule has 17 heavy (non-hydrogen) atoms. The Hall–Kier alpha value is -1.20. The van der Waals surface area contributed by atoms with Gasteiger partial charge in [0.1, 0.15) is 5.82 Å². The van der Waals surface area contributed by atoms with Crippen LogP contribution in [0.5, 0.6) is 0 Å². The summed E-state index contributed by atoms with van der Waals surface area (Å²) in [6.07, 6.45) is 0. The van der Waals surface area contributed by atoms with Gasteiger partial charge >= 0.3 is 0 Å². The molecule has 3 nitrogen and oxygen atoms in total. The number of benzene rings is 1. The Morgan fingerprint density at radius 1 is 1.35 bits per heavy atom. The quantitative estimate of drug-likeness (QED) is 0.898. The van der Waals surface area contributed by atoms with Crippen molar-refractivity contribution in [3.05, 3.63) is 35.0 Å². The van der Waals surface area contributed by atoms with Gasteiger partial charge in [-0.05, 0) is 17.7 Å². The minimum absolute atomic E-state index is 0.0676. The normalized spacial score (nSPS) is 17.1. The van der Waals surface area contributed by atoms with Crippen molar-refractivity contribution < 1.29 is 12.8 Å². The van der Waals surface area contributed by atoms with Gasteiger partial charge in [-0.3, -0.25) is 0 Å². The molecule has 0 radical (unpaired) electrons. The summed E-state index contributed by atoms with van der Waals surface area (Å²) in [7, 11) is -3.47. The molecule has 1 aromatic carbocycles. The van der Waals surface area contributed by atoms with Gasteiger partial charge in [0.25, 0.3) is 0 Å². The molecule has 0 spiro atoms. The van der Waals surface area contributed by atoms with Crippen molar-refractivity contribution in [1.82, 2.24) is 5.32 Å². The second-order valence-corrected chi connectivity index (χ2v) is 6.10. The number of fused-ring (bicyclic) bond motifs is 1. The van der Waals surface area contributed by atoms with E-state index < -0.39 is 15.7 Å². The zero-order valence-electron chi connectivity index (χ0n) is 9.70. The Kier molecular flexibility index (Phi) is 3.05. The van der Waals surface area contributed by atoms with E-state index in [9.17, 15) is 12.8 Å². The van der Waals surface area contributed by atoms with E-state index in [4.69, 9.17) is 0 Å². The summed E-state index contributed by atoms with van der Waals surface area (Å²) in [5.74, 6) is -0.486. The summed E-state index contributed by atoms with van der Waals surface area (Å²) < 4.78 is 37.3. The first-order chi connectivity index (χ1) is 7.92. The van der Waals surface area contributed by atoms with Crippen LogP contribution in [0.15, 0.2) is 28.5 Å². The molecule has 92 valence electrons. The van der Waals surface area contributed by atoms with Gasteiger partial charge in [-0.1, -0.05) is 19.9 Å². The van der Waals surface area contributed by atoms with Crippen LogP contribution in [0.25, 0.3) is 5.57 Å². The third kappa shape index (κ3) is 2.25. The van der Waals surface area contributed by atoms with E-state index in [1.165, 1.54) is 18.2 Å². The van der Waals surface area contributed by atoms with Gasteiger partial charge in [0.2, 0.25) is 9.84 Å². The second kappa shape index (κ2) is 4.23. The van der Waals surface area contributed by atoms with E-state index in [1.54, 1.807) is 0 Å². The third-order valence-corrected chi connectivity index (χ3v) is 4.15. The van der Waals surface area contributed by atoms with Gasteiger partial charge in [0.05, 0.1) is 4.90 Å². The smallest absolute Gasteiger partial charge is 0.200 e. The lowest BCUT2D eigenvalue weighted by atomic mass is 10.1. The molecule has 1 N–H and O–H groups in total. The topological polar surface area (TPSA) is 46.2 Å². The van der Waals surface area contributed by atoms with Crippen LogP contribution in [0, 0.1) is 5.82 Å². The second-order valence-electron chi connectivity index (χ2n) is 4.34. The van der Waals surface area contributed by atoms with Crippen LogP contribution in [0.4, 0.5) is 4.39 Å². The van der Waals surface area contributed by atoms with E-state index in [2.05, 4.69) is 5.32 Å². The van der Waals surface area contributed by atoms with Crippen LogP contribution in [-0.2, 0) is 9.84 Å². The fourth-order valence-corrected chi connectivity index (χ4v) is 3.29. The molecule has 2 rings (SSSR count). The number of hydrogen-bond acceptors (Lipinski definition) is 3. The molecule has 1 aliphatic rings. The van der Waals surface area contributed by atoms with Crippen molar-refractivity contribution in [1.29, 1.82) is 0 Å². The monoisotopic (exact) mass is 255 g/mol. The lowest BCUT2D eigenvalue weighted by molar-refractivity contribution is 0.598. The number of hydrogen-bond donors (Lipinski definition) is 1. The van der Waals surface area contributed by atoms with Crippen molar-refractivity contribution in [2.24, 2.45) is 0 Å². The number of halogens is 1. The summed E-state index contributed by atoms with van der Waals surface area (Å²) in [4.78, 5) is 0.0676. The Labute approximate surface area is 100 Å². The molecule has 5 heteroatoms. The minimum Gasteiger partial charge on any atom is -0.310 e. The highest BCUT2D eigenvalue weighted by Crippen LogP contribution is 2.34. The van der Waals surface area contributed by atoms with Gasteiger partial charge < -0.3 is 5.32 Å². The van der Waals surface area contributed by atoms with Gasteiger partial charge in [0, 0.05) is 23.6 Å². The standard InChI is InChI=1S/C12H14FNO2S/c1-8(2)14-6-9-7-17(15,16)11-5-3-4-10(13)12(9)11/h3-5,7-8,14H,6H2,1-2H3. The van der Waals surface area contributed by atoms with E-state index in [0.717, 1.165) is 5.41 Å². The fraction of sp³-hybridized carbons (Fsp3) is 0.333. The Morgan fingerprint density at radius 2 is 2.06 bits per heavy atom. The average molecular weight is 255 g/mol. The molecule has 0 saturated carbocycles. The first kappa shape index (κ1) is 12.3. The van der Waals surface area contributed by atoms with Crippen molar-refractivity contribution in [2.75, 3.05) is 6.54 Å². The van der Waals surface area contributed by atoms with E-state index in [-0.39, 0.29) is 16.5 Å². The van der Waals surface area contributed by atoms with Crippen molar-refractivity contribution in [2.45, 2.75) is 24.8 Å². The van der Waals surface area contributed by atoms with Crippen LogP contribution in [0.2, 0.25) is 0 Å². The van der Waals surface area contributed by atoms with Crippen molar-refractivity contribution >= 4 is 15.4 Å². The van der Waals surface area contributed by atoms with E-state index in [0.29, 0.717) is 12.1 Å². The largest absolute Gasteiger partial charge is 0.310 e.